The minimum atomic E-state index is -0.410. The van der Waals surface area contributed by atoms with Crippen LogP contribution in [0, 0.1) is 0 Å². The molecule has 2 atom stereocenters. The Morgan fingerprint density at radius 1 is 1.32 bits per heavy atom. The molecule has 1 heterocycles. The van der Waals surface area contributed by atoms with Crippen LogP contribution in [0.2, 0.25) is 0 Å². The highest BCUT2D eigenvalue weighted by Crippen LogP contribution is 2.19. The number of carbonyl (C=O) groups is 1. The lowest BCUT2D eigenvalue weighted by atomic mass is 10.1. The van der Waals surface area contributed by atoms with E-state index in [4.69, 9.17) is 4.74 Å². The van der Waals surface area contributed by atoms with E-state index in [0.29, 0.717) is 12.1 Å². The largest absolute Gasteiger partial charge is 0.444 e. The quantitative estimate of drug-likeness (QED) is 0.790. The standard InChI is InChI=1S/C15H30N2O2/c1-7-12(3)17-10-9-16(11-13(17)8-2)14(18)19-15(4,5)6/h12-13H,7-11H2,1-6H3/t12?,13-/m0/s1. The van der Waals surface area contributed by atoms with E-state index >= 15 is 0 Å². The average molecular weight is 270 g/mol. The van der Waals surface area contributed by atoms with E-state index in [9.17, 15) is 4.79 Å². The van der Waals surface area contributed by atoms with Gasteiger partial charge in [-0.3, -0.25) is 4.90 Å². The van der Waals surface area contributed by atoms with E-state index in [-0.39, 0.29) is 6.09 Å². The predicted molar refractivity (Wildman–Crippen MR) is 78.3 cm³/mol. The Morgan fingerprint density at radius 3 is 2.42 bits per heavy atom. The monoisotopic (exact) mass is 270 g/mol. The summed E-state index contributed by atoms with van der Waals surface area (Å²) in [6.07, 6.45) is 2.06. The fourth-order valence-electron chi connectivity index (χ4n) is 2.54. The van der Waals surface area contributed by atoms with Gasteiger partial charge in [-0.05, 0) is 40.5 Å². The first-order valence-corrected chi connectivity index (χ1v) is 7.52. The number of ether oxygens (including phenoxy) is 1. The first-order chi connectivity index (χ1) is 8.78. The van der Waals surface area contributed by atoms with Gasteiger partial charge in [0.15, 0.2) is 0 Å². The van der Waals surface area contributed by atoms with Crippen molar-refractivity contribution >= 4 is 6.09 Å². The molecule has 112 valence electrons. The topological polar surface area (TPSA) is 32.8 Å². The number of hydrogen-bond acceptors (Lipinski definition) is 3. The molecule has 0 aromatic heterocycles. The molecule has 1 saturated heterocycles. The summed E-state index contributed by atoms with van der Waals surface area (Å²) in [5.74, 6) is 0. The van der Waals surface area contributed by atoms with E-state index in [2.05, 4.69) is 25.7 Å². The molecular weight excluding hydrogens is 240 g/mol. The number of carbonyl (C=O) groups excluding carboxylic acids is 1. The van der Waals surface area contributed by atoms with Gasteiger partial charge in [0.1, 0.15) is 5.60 Å². The molecule has 4 heteroatoms. The molecule has 0 spiro atoms. The Kier molecular flexibility index (Phi) is 5.65. The van der Waals surface area contributed by atoms with Gasteiger partial charge in [0.25, 0.3) is 0 Å². The van der Waals surface area contributed by atoms with Crippen molar-refractivity contribution < 1.29 is 9.53 Å². The third-order valence-corrected chi connectivity index (χ3v) is 3.81. The van der Waals surface area contributed by atoms with Crippen LogP contribution in [0.25, 0.3) is 0 Å². The summed E-state index contributed by atoms with van der Waals surface area (Å²) in [5, 5.41) is 0. The van der Waals surface area contributed by atoms with Gasteiger partial charge in [0, 0.05) is 31.7 Å². The average Bonchev–Trinajstić information content (AvgIpc) is 2.35. The molecule has 0 bridgehead atoms. The Labute approximate surface area is 118 Å². The van der Waals surface area contributed by atoms with Gasteiger partial charge < -0.3 is 9.64 Å². The van der Waals surface area contributed by atoms with Gasteiger partial charge in [0.05, 0.1) is 0 Å². The van der Waals surface area contributed by atoms with Crippen LogP contribution in [0.15, 0.2) is 0 Å². The summed E-state index contributed by atoms with van der Waals surface area (Å²) in [5.41, 5.74) is -0.410. The van der Waals surface area contributed by atoms with Crippen molar-refractivity contribution in [1.29, 1.82) is 0 Å². The fourth-order valence-corrected chi connectivity index (χ4v) is 2.54. The van der Waals surface area contributed by atoms with Crippen LogP contribution in [-0.2, 0) is 4.74 Å². The van der Waals surface area contributed by atoms with Crippen LogP contribution in [0.4, 0.5) is 4.79 Å². The highest BCUT2D eigenvalue weighted by atomic mass is 16.6. The molecule has 1 unspecified atom stereocenters. The number of nitrogens with zero attached hydrogens (tertiary/aromatic N) is 2. The Balaban J connectivity index is 2.61. The second-order valence-electron chi connectivity index (χ2n) is 6.48. The lowest BCUT2D eigenvalue weighted by Gasteiger charge is -2.44. The highest BCUT2D eigenvalue weighted by molar-refractivity contribution is 5.68. The van der Waals surface area contributed by atoms with Crippen molar-refractivity contribution in [2.24, 2.45) is 0 Å². The van der Waals surface area contributed by atoms with Crippen molar-refractivity contribution in [3.05, 3.63) is 0 Å². The molecule has 4 nitrogen and oxygen atoms in total. The summed E-state index contributed by atoms with van der Waals surface area (Å²) in [7, 11) is 0. The molecule has 0 aliphatic carbocycles. The van der Waals surface area contributed by atoms with Gasteiger partial charge in [0.2, 0.25) is 0 Å². The molecule has 19 heavy (non-hydrogen) atoms. The number of hydrogen-bond donors (Lipinski definition) is 0. The molecule has 1 rings (SSSR count). The van der Waals surface area contributed by atoms with E-state index < -0.39 is 5.60 Å². The summed E-state index contributed by atoms with van der Waals surface area (Å²) in [6.45, 7) is 14.9. The first kappa shape index (κ1) is 16.3. The van der Waals surface area contributed by atoms with Crippen LogP contribution >= 0.6 is 0 Å². The summed E-state index contributed by atoms with van der Waals surface area (Å²) < 4.78 is 5.46. The molecule has 1 fully saturated rings. The minimum Gasteiger partial charge on any atom is -0.444 e. The highest BCUT2D eigenvalue weighted by Gasteiger charge is 2.32. The van der Waals surface area contributed by atoms with Crippen LogP contribution in [-0.4, -0.2) is 53.2 Å². The van der Waals surface area contributed by atoms with E-state index in [1.54, 1.807) is 0 Å². The predicted octanol–water partition coefficient (Wildman–Crippen LogP) is 3.12. The summed E-state index contributed by atoms with van der Waals surface area (Å²) >= 11 is 0. The van der Waals surface area contributed by atoms with Crippen LogP contribution in [0.1, 0.15) is 54.4 Å². The second kappa shape index (κ2) is 6.60. The lowest BCUT2D eigenvalue weighted by Crippen LogP contribution is -2.57. The van der Waals surface area contributed by atoms with Crippen LogP contribution < -0.4 is 0 Å². The Hall–Kier alpha value is -0.770. The number of amides is 1. The summed E-state index contributed by atoms with van der Waals surface area (Å²) in [4.78, 5) is 16.5. The maximum Gasteiger partial charge on any atom is 0.410 e. The first-order valence-electron chi connectivity index (χ1n) is 7.52. The van der Waals surface area contributed by atoms with Crippen LogP contribution in [0.5, 0.6) is 0 Å². The van der Waals surface area contributed by atoms with Gasteiger partial charge >= 0.3 is 6.09 Å². The normalized spacial score (nSPS) is 23.3. The van der Waals surface area contributed by atoms with Gasteiger partial charge in [-0.15, -0.1) is 0 Å². The summed E-state index contributed by atoms with van der Waals surface area (Å²) in [6, 6.07) is 1.04. The fraction of sp³-hybridized carbons (Fsp3) is 0.933. The molecule has 1 aliphatic rings. The van der Waals surface area contributed by atoms with Crippen molar-refractivity contribution in [2.75, 3.05) is 19.6 Å². The van der Waals surface area contributed by atoms with Gasteiger partial charge in [-0.25, -0.2) is 4.79 Å². The van der Waals surface area contributed by atoms with Gasteiger partial charge in [-0.1, -0.05) is 13.8 Å². The molecular formula is C15H30N2O2. The van der Waals surface area contributed by atoms with E-state index in [1.807, 2.05) is 25.7 Å². The van der Waals surface area contributed by atoms with Crippen LogP contribution in [0.3, 0.4) is 0 Å². The van der Waals surface area contributed by atoms with E-state index in [1.165, 1.54) is 0 Å². The zero-order valence-electron chi connectivity index (χ0n) is 13.4. The van der Waals surface area contributed by atoms with Gasteiger partial charge in [-0.2, -0.15) is 0 Å². The molecule has 1 amide bonds. The SMILES string of the molecule is CCC(C)N1CCN(C(=O)OC(C)(C)C)C[C@@H]1CC. The second-order valence-corrected chi connectivity index (χ2v) is 6.48. The van der Waals surface area contributed by atoms with E-state index in [0.717, 1.165) is 32.5 Å². The molecule has 0 aromatic carbocycles. The molecule has 0 radical (unpaired) electrons. The minimum absolute atomic E-state index is 0.172. The molecule has 0 aromatic rings. The maximum absolute atomic E-state index is 12.1. The molecule has 0 N–H and O–H groups in total. The maximum atomic E-state index is 12.1. The number of piperazine rings is 1. The smallest absolute Gasteiger partial charge is 0.410 e. The Morgan fingerprint density at radius 2 is 1.95 bits per heavy atom. The van der Waals surface area contributed by atoms with Crippen molar-refractivity contribution in [2.45, 2.75) is 72.1 Å². The zero-order chi connectivity index (χ0) is 14.6. The molecule has 1 aliphatic heterocycles. The van der Waals surface area contributed by atoms with Crippen molar-refractivity contribution in [3.8, 4) is 0 Å². The molecule has 0 saturated carbocycles. The third-order valence-electron chi connectivity index (χ3n) is 3.81. The Bertz CT molecular complexity index is 299. The van der Waals surface area contributed by atoms with Crippen molar-refractivity contribution in [3.63, 3.8) is 0 Å². The van der Waals surface area contributed by atoms with Crippen molar-refractivity contribution in [1.82, 2.24) is 9.80 Å². The number of rotatable bonds is 3. The zero-order valence-corrected chi connectivity index (χ0v) is 13.4. The third kappa shape index (κ3) is 4.68. The lowest BCUT2D eigenvalue weighted by molar-refractivity contribution is -0.00416.